The highest BCUT2D eigenvalue weighted by atomic mass is 32.1. The minimum absolute atomic E-state index is 0.371. The Hall–Kier alpha value is -6.77. The zero-order valence-corrected chi connectivity index (χ0v) is 35.8. The number of hydrogen-bond acceptors (Lipinski definition) is 4. The second-order valence-corrected chi connectivity index (χ2v) is 21.8. The molecule has 292 valence electrons. The normalized spacial score (nSPS) is 13.3. The van der Waals surface area contributed by atoms with Crippen molar-refractivity contribution < 1.29 is 4.74 Å². The summed E-state index contributed by atoms with van der Waals surface area (Å²) in [6.07, 6.45) is 1.74. The van der Waals surface area contributed by atoms with E-state index in [1.165, 1.54) is 41.6 Å². The number of imidazole rings is 2. The first-order chi connectivity index (χ1) is 30.2. The molecule has 5 heterocycles. The highest BCUT2D eigenvalue weighted by Crippen LogP contribution is 2.52. The van der Waals surface area contributed by atoms with Gasteiger partial charge in [-0.15, -0.1) is 22.7 Å². The Morgan fingerprint density at radius 1 is 0.508 bits per heavy atom. The monoisotopic (exact) mass is 837 g/mol. The number of para-hydroxylation sites is 6. The Morgan fingerprint density at radius 2 is 1.10 bits per heavy atom. The third-order valence-corrected chi connectivity index (χ3v) is 19.2. The van der Waals surface area contributed by atoms with Crippen LogP contribution in [-0.2, 0) is 18.3 Å². The van der Waals surface area contributed by atoms with Gasteiger partial charge in [-0.2, -0.15) is 0 Å². The molecule has 4 aromatic heterocycles. The molecular weight excluding hydrogens is 799 g/mol. The summed E-state index contributed by atoms with van der Waals surface area (Å²) in [5.74, 6) is 2.81. The second kappa shape index (κ2) is 14.5. The lowest BCUT2D eigenvalue weighted by molar-refractivity contribution is 0.390. The molecule has 0 atom stereocenters. The van der Waals surface area contributed by atoms with E-state index >= 15 is 0 Å². The predicted octanol–water partition coefficient (Wildman–Crippen LogP) is 10.8. The Bertz CT molecular complexity index is 3280. The van der Waals surface area contributed by atoms with Gasteiger partial charge in [-0.3, -0.25) is 8.97 Å². The Kier molecular flexibility index (Phi) is 8.56. The summed E-state index contributed by atoms with van der Waals surface area (Å²) in [5, 5.41) is 9.52. The maximum Gasteiger partial charge on any atom is 0.220 e. The average Bonchev–Trinajstić information content (AvgIpc) is 4.15. The van der Waals surface area contributed by atoms with Crippen LogP contribution in [0.1, 0.15) is 20.9 Å². The van der Waals surface area contributed by atoms with Crippen molar-refractivity contribution >= 4 is 79.3 Å². The van der Waals surface area contributed by atoms with E-state index in [1.807, 2.05) is 22.7 Å². The van der Waals surface area contributed by atoms with Gasteiger partial charge in [0.2, 0.25) is 5.78 Å². The molecule has 12 rings (SSSR count). The van der Waals surface area contributed by atoms with E-state index in [2.05, 4.69) is 220 Å². The largest absolute Gasteiger partial charge is 0.457 e. The van der Waals surface area contributed by atoms with Crippen LogP contribution in [0.2, 0.25) is 0 Å². The lowest BCUT2D eigenvalue weighted by Gasteiger charge is -2.43. The molecule has 0 bridgehead atoms. The lowest BCUT2D eigenvalue weighted by atomic mass is 9.67. The summed E-state index contributed by atoms with van der Waals surface area (Å²) in [6.45, 7) is 0. The van der Waals surface area contributed by atoms with Crippen LogP contribution >= 0.6 is 22.7 Å². The third kappa shape index (κ3) is 5.58. The third-order valence-electron chi connectivity index (χ3n) is 12.7. The van der Waals surface area contributed by atoms with E-state index < -0.39 is 8.07 Å². The maximum atomic E-state index is 7.45. The average molecular weight is 838 g/mol. The minimum atomic E-state index is -3.19. The van der Waals surface area contributed by atoms with Crippen LogP contribution in [0.4, 0.5) is 0 Å². The topological polar surface area (TPSA) is 31.5 Å². The molecular formula is C54H39N3OS2Si. The zero-order valence-electron chi connectivity index (χ0n) is 33.2. The Balaban J connectivity index is 1.17. The molecule has 7 heteroatoms. The molecule has 0 aliphatic carbocycles. The van der Waals surface area contributed by atoms with Gasteiger partial charge < -0.3 is 4.74 Å². The second-order valence-electron chi connectivity index (χ2n) is 16.0. The van der Waals surface area contributed by atoms with Gasteiger partial charge in [0.25, 0.3) is 0 Å². The van der Waals surface area contributed by atoms with Crippen molar-refractivity contribution in [3.63, 3.8) is 0 Å². The van der Waals surface area contributed by atoms with E-state index in [4.69, 9.17) is 9.72 Å². The lowest BCUT2D eigenvalue weighted by Crippen LogP contribution is -2.75. The summed E-state index contributed by atoms with van der Waals surface area (Å²) in [4.78, 5) is 8.00. The van der Waals surface area contributed by atoms with E-state index in [0.29, 0.717) is 0 Å². The van der Waals surface area contributed by atoms with Crippen molar-refractivity contribution in [3.8, 4) is 17.2 Å². The number of nitrogens with zero attached hydrogens (tertiary/aromatic N) is 3. The number of fused-ring (bicyclic) bond motifs is 7. The molecule has 0 saturated carbocycles. The summed E-state index contributed by atoms with van der Waals surface area (Å²) in [5.41, 5.74) is 7.51. The van der Waals surface area contributed by atoms with Gasteiger partial charge in [-0.25, -0.2) is 4.98 Å². The highest BCUT2D eigenvalue weighted by molar-refractivity contribution is 7.20. The van der Waals surface area contributed by atoms with E-state index in [9.17, 15) is 0 Å². The minimum Gasteiger partial charge on any atom is -0.457 e. The number of aromatic nitrogens is 3. The molecule has 4 nitrogen and oxygen atoms in total. The smallest absolute Gasteiger partial charge is 0.220 e. The molecule has 7 aromatic carbocycles. The van der Waals surface area contributed by atoms with Crippen molar-refractivity contribution in [2.45, 2.75) is 18.3 Å². The number of rotatable bonds is 9. The summed E-state index contributed by atoms with van der Waals surface area (Å²) in [6, 6.07) is 73.6. The Morgan fingerprint density at radius 3 is 1.80 bits per heavy atom. The van der Waals surface area contributed by atoms with Gasteiger partial charge in [0.1, 0.15) is 11.5 Å². The molecule has 0 saturated heterocycles. The maximum absolute atomic E-state index is 7.45. The van der Waals surface area contributed by atoms with Gasteiger partial charge >= 0.3 is 0 Å². The number of hydrogen-bond donors (Lipinski definition) is 0. The fourth-order valence-electron chi connectivity index (χ4n) is 10.2. The van der Waals surface area contributed by atoms with Crippen molar-refractivity contribution in [3.05, 3.63) is 232 Å². The van der Waals surface area contributed by atoms with Crippen molar-refractivity contribution in [1.29, 1.82) is 0 Å². The number of benzene rings is 7. The van der Waals surface area contributed by atoms with Gasteiger partial charge in [0.05, 0.1) is 22.1 Å². The van der Waals surface area contributed by atoms with Crippen LogP contribution in [-0.4, -0.2) is 22.0 Å². The molecule has 0 amide bonds. The summed E-state index contributed by atoms with van der Waals surface area (Å²) < 4.78 is 12.1. The molecule has 0 N–H and O–H groups in total. The Labute approximate surface area is 363 Å². The molecule has 61 heavy (non-hydrogen) atoms. The predicted molar refractivity (Wildman–Crippen MR) is 256 cm³/mol. The molecule has 0 spiro atoms. The fraction of sp³-hybridized carbons (Fsp3) is 0.0556. The first-order valence-corrected chi connectivity index (χ1v) is 24.5. The van der Waals surface area contributed by atoms with Crippen molar-refractivity contribution in [1.82, 2.24) is 14.0 Å². The standard InChI is InChI=1S/C54H39N3OS2Si/c1-3-20-41(21-4-1)61(42-22-5-2-6-23-42,43-24-13-17-38(35-43)56-48-29-10-11-30-49(48)57-47-28-9-8-27-46(47)55-53(56)57)51-32-14-26-45-52(51)58-50-31-12-7-25-44(50)54(45,36-39-18-15-33-59-39)37-40-19-16-34-60-40/h1-35H,36-37H2. The van der Waals surface area contributed by atoms with E-state index in [-0.39, 0.29) is 5.41 Å². The van der Waals surface area contributed by atoms with Crippen LogP contribution in [0.5, 0.6) is 11.5 Å². The van der Waals surface area contributed by atoms with Crippen LogP contribution in [0, 0.1) is 0 Å². The van der Waals surface area contributed by atoms with Gasteiger partial charge in [-0.1, -0.05) is 146 Å². The van der Waals surface area contributed by atoms with Crippen molar-refractivity contribution in [2.75, 3.05) is 0 Å². The fourth-order valence-corrected chi connectivity index (χ4v) is 16.8. The van der Waals surface area contributed by atoms with Gasteiger partial charge in [0, 0.05) is 32.0 Å². The first kappa shape index (κ1) is 36.1. The number of thiophene rings is 2. The van der Waals surface area contributed by atoms with Crippen molar-refractivity contribution in [2.24, 2.45) is 0 Å². The van der Waals surface area contributed by atoms with Gasteiger partial charge in [0.15, 0.2) is 8.07 Å². The van der Waals surface area contributed by atoms with Crippen LogP contribution in [0.15, 0.2) is 211 Å². The number of ether oxygens (including phenoxy) is 1. The van der Waals surface area contributed by atoms with Crippen LogP contribution in [0.25, 0.3) is 33.5 Å². The molecule has 11 aromatic rings. The molecule has 0 radical (unpaired) electrons. The molecule has 1 aliphatic heterocycles. The van der Waals surface area contributed by atoms with Crippen LogP contribution < -0.4 is 25.5 Å². The van der Waals surface area contributed by atoms with Gasteiger partial charge in [-0.05, 0) is 98.9 Å². The first-order valence-electron chi connectivity index (χ1n) is 20.8. The van der Waals surface area contributed by atoms with E-state index in [1.54, 1.807) is 0 Å². The summed E-state index contributed by atoms with van der Waals surface area (Å²) >= 11 is 3.68. The highest BCUT2D eigenvalue weighted by Gasteiger charge is 2.49. The summed E-state index contributed by atoms with van der Waals surface area (Å²) in [7, 11) is -3.19. The molecule has 0 unspecified atom stereocenters. The van der Waals surface area contributed by atoms with E-state index in [0.717, 1.165) is 57.9 Å². The molecule has 1 aliphatic rings. The quantitative estimate of drug-likeness (QED) is 0.107. The SMILES string of the molecule is c1ccc([Si](c2ccccc2)(c2cccc(-n3c4ccccc4n4c5ccccc5nc34)c2)c2cccc3c2Oc2ccccc2C3(Cc2cccs2)Cc2cccs2)cc1. The zero-order chi connectivity index (χ0) is 40.4. The van der Waals surface area contributed by atoms with Crippen LogP contribution in [0.3, 0.4) is 0 Å². The molecule has 0 fully saturated rings.